The van der Waals surface area contributed by atoms with Crippen molar-refractivity contribution >= 4 is 20.8 Å². The number of ether oxygens (including phenoxy) is 1. The Labute approximate surface area is 196 Å². The van der Waals surface area contributed by atoms with Crippen molar-refractivity contribution in [3.8, 4) is 5.75 Å². The van der Waals surface area contributed by atoms with Gasteiger partial charge >= 0.3 is 0 Å². The fraction of sp³-hybridized carbons (Fsp3) is 0.462. The topological polar surface area (TPSA) is 80.0 Å². The summed E-state index contributed by atoms with van der Waals surface area (Å²) < 4.78 is 35.6. The molecule has 0 aliphatic carbocycles. The number of benzene rings is 2. The summed E-state index contributed by atoms with van der Waals surface area (Å²) in [5.74, 6) is 1.06. The number of β-amino-alcohol motifs (C(OH)–C–C–N with tert-alkyl or cyclic N) is 1. The average molecular weight is 472 g/mol. The summed E-state index contributed by atoms with van der Waals surface area (Å²) in [6, 6.07) is 13.5. The van der Waals surface area contributed by atoms with Gasteiger partial charge in [0.1, 0.15) is 24.0 Å². The van der Waals surface area contributed by atoms with Crippen molar-refractivity contribution in [3.63, 3.8) is 0 Å². The monoisotopic (exact) mass is 471 g/mol. The number of aliphatic hydroxyl groups excluding tert-OH is 1. The Bertz CT molecular complexity index is 1210. The number of likely N-dealkylation sites (tertiary alicyclic amines) is 1. The standard InChI is InChI=1S/C26H33NO5S/c1-4-33(29,30)26-15-23-24(6-5-7-25(23)32-26)31-17-22(28)16-27-12-10-20(11-13-27)21-9-8-18(2)19(3)14-21/h5-9,14-15,20,22,28H,4,10-13,16-17H2,1-3H3. The molecule has 6 nitrogen and oxygen atoms in total. The summed E-state index contributed by atoms with van der Waals surface area (Å²) in [7, 11) is -3.43. The van der Waals surface area contributed by atoms with Gasteiger partial charge in [-0.25, -0.2) is 8.42 Å². The molecule has 4 rings (SSSR count). The van der Waals surface area contributed by atoms with Crippen LogP contribution < -0.4 is 4.74 Å². The number of hydrogen-bond acceptors (Lipinski definition) is 6. The maximum absolute atomic E-state index is 12.1. The zero-order valence-electron chi connectivity index (χ0n) is 19.6. The van der Waals surface area contributed by atoms with E-state index in [9.17, 15) is 13.5 Å². The number of fused-ring (bicyclic) bond motifs is 1. The number of hydrogen-bond donors (Lipinski definition) is 1. The Morgan fingerprint density at radius 1 is 1.12 bits per heavy atom. The van der Waals surface area contributed by atoms with Crippen molar-refractivity contribution in [2.75, 3.05) is 32.0 Å². The molecule has 0 saturated carbocycles. The predicted molar refractivity (Wildman–Crippen MR) is 130 cm³/mol. The van der Waals surface area contributed by atoms with Gasteiger partial charge in [0.25, 0.3) is 0 Å². The molecule has 1 atom stereocenters. The summed E-state index contributed by atoms with van der Waals surface area (Å²) in [6.45, 7) is 8.48. The van der Waals surface area contributed by atoms with Crippen LogP contribution in [-0.4, -0.2) is 56.5 Å². The summed E-state index contributed by atoms with van der Waals surface area (Å²) in [5, 5.41) is 11.1. The first-order valence-electron chi connectivity index (χ1n) is 11.6. The molecule has 1 saturated heterocycles. The van der Waals surface area contributed by atoms with Crippen molar-refractivity contribution in [2.45, 2.75) is 50.7 Å². The third-order valence-corrected chi connectivity index (χ3v) is 8.25. The van der Waals surface area contributed by atoms with Gasteiger partial charge in [-0.05, 0) is 74.5 Å². The number of sulfone groups is 1. The van der Waals surface area contributed by atoms with E-state index in [1.807, 2.05) is 0 Å². The third kappa shape index (κ3) is 5.42. The minimum atomic E-state index is -3.43. The number of rotatable bonds is 8. The van der Waals surface area contributed by atoms with Gasteiger partial charge in [-0.2, -0.15) is 0 Å². The molecule has 1 fully saturated rings. The van der Waals surface area contributed by atoms with E-state index in [0.29, 0.717) is 29.2 Å². The quantitative estimate of drug-likeness (QED) is 0.522. The SMILES string of the molecule is CCS(=O)(=O)c1cc2c(OCC(O)CN3CCC(c4ccc(C)c(C)c4)CC3)cccc2o1. The largest absolute Gasteiger partial charge is 0.490 e. The molecule has 1 aromatic heterocycles. The van der Waals surface area contributed by atoms with Gasteiger partial charge < -0.3 is 19.2 Å². The molecular formula is C26H33NO5S. The van der Waals surface area contributed by atoms with Gasteiger partial charge in [0.2, 0.25) is 14.9 Å². The predicted octanol–water partition coefficient (Wildman–Crippen LogP) is 4.46. The first kappa shape index (κ1) is 23.8. The van der Waals surface area contributed by atoms with Gasteiger partial charge in [-0.1, -0.05) is 31.2 Å². The molecule has 1 N–H and O–H groups in total. The van der Waals surface area contributed by atoms with Crippen LogP contribution in [0, 0.1) is 13.8 Å². The van der Waals surface area contributed by atoms with Crippen LogP contribution in [0.4, 0.5) is 0 Å². The smallest absolute Gasteiger partial charge is 0.219 e. The molecule has 0 bridgehead atoms. The van der Waals surface area contributed by atoms with Crippen LogP contribution in [0.1, 0.15) is 42.4 Å². The Balaban J connectivity index is 1.31. The molecule has 33 heavy (non-hydrogen) atoms. The molecule has 0 amide bonds. The highest BCUT2D eigenvalue weighted by Gasteiger charge is 2.23. The molecule has 1 aliphatic heterocycles. The van der Waals surface area contributed by atoms with Crippen molar-refractivity contribution < 1.29 is 22.7 Å². The second-order valence-corrected chi connectivity index (χ2v) is 11.2. The summed E-state index contributed by atoms with van der Waals surface area (Å²) in [4.78, 5) is 2.29. The van der Waals surface area contributed by atoms with Crippen molar-refractivity contribution in [2.24, 2.45) is 0 Å². The first-order chi connectivity index (χ1) is 15.8. The number of aryl methyl sites for hydroxylation is 2. The Kier molecular flexibility index (Phi) is 7.12. The van der Waals surface area contributed by atoms with E-state index < -0.39 is 15.9 Å². The van der Waals surface area contributed by atoms with Crippen LogP contribution >= 0.6 is 0 Å². The molecule has 2 aromatic carbocycles. The maximum atomic E-state index is 12.1. The molecule has 178 valence electrons. The van der Waals surface area contributed by atoms with Gasteiger partial charge in [-0.3, -0.25) is 0 Å². The molecule has 0 radical (unpaired) electrons. The van der Waals surface area contributed by atoms with Crippen LogP contribution in [-0.2, 0) is 9.84 Å². The van der Waals surface area contributed by atoms with E-state index in [2.05, 4.69) is 36.9 Å². The van der Waals surface area contributed by atoms with Crippen LogP contribution in [0.25, 0.3) is 11.0 Å². The molecule has 2 heterocycles. The van der Waals surface area contributed by atoms with Gasteiger partial charge in [0.05, 0.1) is 11.1 Å². The van der Waals surface area contributed by atoms with Crippen LogP contribution in [0.2, 0.25) is 0 Å². The Morgan fingerprint density at radius 3 is 2.58 bits per heavy atom. The molecular weight excluding hydrogens is 438 g/mol. The first-order valence-corrected chi connectivity index (χ1v) is 13.3. The van der Waals surface area contributed by atoms with Crippen molar-refractivity contribution in [1.82, 2.24) is 4.90 Å². The second kappa shape index (κ2) is 9.87. The zero-order chi connectivity index (χ0) is 23.6. The Hall–Kier alpha value is -2.35. The summed E-state index contributed by atoms with van der Waals surface area (Å²) in [5.41, 5.74) is 4.55. The molecule has 3 aromatic rings. The highest BCUT2D eigenvalue weighted by molar-refractivity contribution is 7.91. The minimum absolute atomic E-state index is 0.0259. The van der Waals surface area contributed by atoms with Gasteiger partial charge in [0, 0.05) is 12.6 Å². The van der Waals surface area contributed by atoms with Crippen molar-refractivity contribution in [3.05, 3.63) is 59.2 Å². The van der Waals surface area contributed by atoms with Crippen LogP contribution in [0.15, 0.2) is 52.0 Å². The van der Waals surface area contributed by atoms with E-state index in [-0.39, 0.29) is 17.5 Å². The summed E-state index contributed by atoms with van der Waals surface area (Å²) in [6.07, 6.45) is 1.53. The van der Waals surface area contributed by atoms with E-state index in [1.54, 1.807) is 25.1 Å². The lowest BCUT2D eigenvalue weighted by molar-refractivity contribution is 0.0599. The number of furan rings is 1. The maximum Gasteiger partial charge on any atom is 0.219 e. The van der Waals surface area contributed by atoms with E-state index in [1.165, 1.54) is 22.8 Å². The highest BCUT2D eigenvalue weighted by Crippen LogP contribution is 2.32. The van der Waals surface area contributed by atoms with Crippen LogP contribution in [0.3, 0.4) is 0 Å². The Morgan fingerprint density at radius 2 is 1.88 bits per heavy atom. The lowest BCUT2D eigenvalue weighted by atomic mass is 9.88. The lowest BCUT2D eigenvalue weighted by Crippen LogP contribution is -2.40. The van der Waals surface area contributed by atoms with Gasteiger partial charge in [-0.15, -0.1) is 0 Å². The normalized spacial score (nSPS) is 16.8. The number of aliphatic hydroxyl groups is 1. The third-order valence-electron chi connectivity index (χ3n) is 6.68. The second-order valence-electron chi connectivity index (χ2n) is 9.02. The molecule has 1 aliphatic rings. The number of nitrogens with zero attached hydrogens (tertiary/aromatic N) is 1. The molecule has 1 unspecified atom stereocenters. The molecule has 7 heteroatoms. The highest BCUT2D eigenvalue weighted by atomic mass is 32.2. The average Bonchev–Trinajstić information content (AvgIpc) is 3.26. The zero-order valence-corrected chi connectivity index (χ0v) is 20.4. The fourth-order valence-corrected chi connectivity index (χ4v) is 5.24. The van der Waals surface area contributed by atoms with Gasteiger partial charge in [0.15, 0.2) is 0 Å². The minimum Gasteiger partial charge on any atom is -0.490 e. The molecule has 0 spiro atoms. The lowest BCUT2D eigenvalue weighted by Gasteiger charge is -2.33. The van der Waals surface area contributed by atoms with E-state index >= 15 is 0 Å². The number of piperidine rings is 1. The summed E-state index contributed by atoms with van der Waals surface area (Å²) >= 11 is 0. The van der Waals surface area contributed by atoms with E-state index in [0.717, 1.165) is 25.9 Å². The van der Waals surface area contributed by atoms with Crippen LogP contribution in [0.5, 0.6) is 5.75 Å². The fourth-order valence-electron chi connectivity index (χ4n) is 4.44. The van der Waals surface area contributed by atoms with E-state index in [4.69, 9.17) is 9.15 Å². The van der Waals surface area contributed by atoms with Crippen molar-refractivity contribution in [1.29, 1.82) is 0 Å².